The number of hydrogen-bond donors (Lipinski definition) is 1. The van der Waals surface area contributed by atoms with E-state index in [1.807, 2.05) is 0 Å². The van der Waals surface area contributed by atoms with Crippen LogP contribution in [0, 0.1) is 17.2 Å². The fourth-order valence-corrected chi connectivity index (χ4v) is 7.53. The first-order chi connectivity index (χ1) is 20.9. The van der Waals surface area contributed by atoms with Crippen LogP contribution in [-0.4, -0.2) is 71.6 Å². The molecule has 3 fully saturated rings. The van der Waals surface area contributed by atoms with Crippen molar-refractivity contribution in [2.24, 2.45) is 11.3 Å². The number of ether oxygens (including phenoxy) is 1. The van der Waals surface area contributed by atoms with Crippen molar-refractivity contribution in [3.8, 4) is 0 Å². The number of rotatable bonds is 12. The third-order valence-electron chi connectivity index (χ3n) is 8.90. The maximum atomic E-state index is 14.2. The van der Waals surface area contributed by atoms with Crippen LogP contribution in [-0.2, 0) is 47.0 Å². The van der Waals surface area contributed by atoms with Crippen LogP contribution < -0.4 is 4.72 Å². The first kappa shape index (κ1) is 31.6. The summed E-state index contributed by atoms with van der Waals surface area (Å²) in [4.78, 5) is 68.0. The van der Waals surface area contributed by atoms with Crippen molar-refractivity contribution in [3.05, 3.63) is 60.0 Å². The molecule has 4 aliphatic rings. The molecule has 2 aliphatic carbocycles. The van der Waals surface area contributed by atoms with Crippen LogP contribution in [0.3, 0.4) is 0 Å². The molecule has 1 N–H and O–H groups in total. The highest BCUT2D eigenvalue weighted by atomic mass is 32.2. The molecule has 2 aliphatic heterocycles. The SMILES string of the molecule is C=C[C@@H]1C[C@]1(CC(=O)[C@@H]1CC(OC(=O)N2Cc3cccc(F)c3C2)CN1C(=O)CCC(=O)/C=C/C)C(=O)NS(=O)(=O)C1CC1. The molecule has 1 aromatic rings. The highest BCUT2D eigenvalue weighted by Crippen LogP contribution is 2.57. The highest BCUT2D eigenvalue weighted by molar-refractivity contribution is 7.90. The zero-order valence-corrected chi connectivity index (χ0v) is 25.3. The minimum Gasteiger partial charge on any atom is -0.444 e. The Labute approximate surface area is 255 Å². The fourth-order valence-electron chi connectivity index (χ4n) is 6.14. The van der Waals surface area contributed by atoms with E-state index >= 15 is 0 Å². The predicted octanol–water partition coefficient (Wildman–Crippen LogP) is 2.93. The Hall–Kier alpha value is -3.87. The van der Waals surface area contributed by atoms with Crippen molar-refractivity contribution in [2.75, 3.05) is 6.54 Å². The minimum atomic E-state index is -3.85. The molecule has 13 heteroatoms. The van der Waals surface area contributed by atoms with Crippen molar-refractivity contribution in [1.29, 1.82) is 0 Å². The lowest BCUT2D eigenvalue weighted by Crippen LogP contribution is -2.44. The van der Waals surface area contributed by atoms with Crippen LogP contribution in [0.4, 0.5) is 9.18 Å². The average Bonchev–Trinajstić information content (AvgIpc) is 3.86. The lowest BCUT2D eigenvalue weighted by molar-refractivity contribution is -0.139. The van der Waals surface area contributed by atoms with Crippen LogP contribution in [0.1, 0.15) is 63.0 Å². The van der Waals surface area contributed by atoms with E-state index in [1.165, 1.54) is 28.0 Å². The van der Waals surface area contributed by atoms with E-state index < -0.39 is 68.3 Å². The van der Waals surface area contributed by atoms with Crippen LogP contribution in [0.5, 0.6) is 0 Å². The summed E-state index contributed by atoms with van der Waals surface area (Å²) in [5, 5.41) is -0.622. The number of ketones is 2. The molecule has 0 radical (unpaired) electrons. The first-order valence-corrected chi connectivity index (χ1v) is 16.3. The number of nitrogens with one attached hydrogen (secondary N) is 1. The number of benzene rings is 1. The van der Waals surface area contributed by atoms with Gasteiger partial charge in [0.15, 0.2) is 11.6 Å². The van der Waals surface area contributed by atoms with Gasteiger partial charge in [0, 0.05) is 37.8 Å². The molecule has 0 bridgehead atoms. The number of likely N-dealkylation sites (tertiary alicyclic amines) is 1. The minimum absolute atomic E-state index is 0.0238. The number of fused-ring (bicyclic) bond motifs is 1. The van der Waals surface area contributed by atoms with Gasteiger partial charge in [-0.05, 0) is 49.8 Å². The number of sulfonamides is 1. The Balaban J connectivity index is 1.29. The number of Topliss-reactive ketones (excluding diaryl/α,β-unsaturated/α-hetero) is 1. The summed E-state index contributed by atoms with van der Waals surface area (Å²) in [6, 6.07) is 3.55. The monoisotopic (exact) mass is 629 g/mol. The second-order valence-electron chi connectivity index (χ2n) is 12.0. The fraction of sp³-hybridized carbons (Fsp3) is 0.516. The molecule has 1 saturated heterocycles. The van der Waals surface area contributed by atoms with E-state index in [9.17, 15) is 36.8 Å². The van der Waals surface area contributed by atoms with E-state index in [1.54, 1.807) is 25.1 Å². The summed E-state index contributed by atoms with van der Waals surface area (Å²) >= 11 is 0. The smallest absolute Gasteiger partial charge is 0.410 e. The van der Waals surface area contributed by atoms with E-state index in [0.717, 1.165) is 0 Å². The van der Waals surface area contributed by atoms with Gasteiger partial charge in [-0.3, -0.25) is 28.8 Å². The number of carbonyl (C=O) groups is 5. The molecule has 1 unspecified atom stereocenters. The van der Waals surface area contributed by atoms with E-state index in [2.05, 4.69) is 11.3 Å². The first-order valence-electron chi connectivity index (χ1n) is 14.8. The van der Waals surface area contributed by atoms with E-state index in [-0.39, 0.29) is 57.5 Å². The summed E-state index contributed by atoms with van der Waals surface area (Å²) in [7, 11) is -3.85. The second kappa shape index (κ2) is 12.3. The average molecular weight is 630 g/mol. The molecular formula is C31H36FN3O8S. The number of carbonyl (C=O) groups excluding carboxylic acids is 5. The van der Waals surface area contributed by atoms with Gasteiger partial charge >= 0.3 is 6.09 Å². The molecule has 2 saturated carbocycles. The van der Waals surface area contributed by atoms with E-state index in [0.29, 0.717) is 24.0 Å². The van der Waals surface area contributed by atoms with Gasteiger partial charge in [-0.15, -0.1) is 6.58 Å². The van der Waals surface area contributed by atoms with Gasteiger partial charge in [0.05, 0.1) is 29.8 Å². The predicted molar refractivity (Wildman–Crippen MR) is 156 cm³/mol. The number of hydrogen-bond acceptors (Lipinski definition) is 8. The third kappa shape index (κ3) is 6.47. The van der Waals surface area contributed by atoms with Crippen LogP contribution in [0.2, 0.25) is 0 Å². The van der Waals surface area contributed by atoms with Crippen LogP contribution in [0.15, 0.2) is 43.0 Å². The molecule has 3 amide bonds. The van der Waals surface area contributed by atoms with E-state index in [4.69, 9.17) is 4.74 Å². The second-order valence-corrected chi connectivity index (χ2v) is 14.0. The van der Waals surface area contributed by atoms with Gasteiger partial charge in [-0.2, -0.15) is 0 Å². The maximum Gasteiger partial charge on any atom is 0.410 e. The maximum absolute atomic E-state index is 14.2. The molecule has 5 rings (SSSR count). The number of halogens is 1. The van der Waals surface area contributed by atoms with Crippen LogP contribution >= 0.6 is 0 Å². The molecule has 0 spiro atoms. The molecular weight excluding hydrogens is 593 g/mol. The van der Waals surface area contributed by atoms with Gasteiger partial charge in [-0.25, -0.2) is 17.6 Å². The number of amides is 3. The topological polar surface area (TPSA) is 147 Å². The van der Waals surface area contributed by atoms with Crippen molar-refractivity contribution < 1.29 is 41.5 Å². The molecule has 1 aromatic carbocycles. The number of allylic oxidation sites excluding steroid dienone is 3. The summed E-state index contributed by atoms with van der Waals surface area (Å²) in [5.74, 6) is -2.83. The standard InChI is InChI=1S/C31H36FN3O8S/c1-3-6-21(36)9-12-28(38)35-17-22(43-30(40)34-16-19-7-5-8-25(32)24(19)18-34)13-26(35)27(37)15-31(14-20(31)4-2)29(39)33-44(41,42)23-10-11-23/h3-8,20,22-23,26H,2,9-18H2,1H3,(H,33,39)/b6-3+/t20-,22?,26+,31-/m1/s1. The summed E-state index contributed by atoms with van der Waals surface area (Å²) < 4.78 is 47.0. The Morgan fingerprint density at radius 1 is 1.16 bits per heavy atom. The van der Waals surface area contributed by atoms with Gasteiger partial charge in [0.25, 0.3) is 0 Å². The van der Waals surface area contributed by atoms with Crippen molar-refractivity contribution >= 4 is 39.5 Å². The molecule has 236 valence electrons. The summed E-state index contributed by atoms with van der Waals surface area (Å²) in [6.07, 6.45) is 3.39. The highest BCUT2D eigenvalue weighted by Gasteiger charge is 2.61. The Kier molecular flexibility index (Phi) is 8.79. The van der Waals surface area contributed by atoms with Crippen molar-refractivity contribution in [2.45, 2.75) is 82.4 Å². The van der Waals surface area contributed by atoms with Gasteiger partial charge < -0.3 is 9.64 Å². The molecule has 11 nitrogen and oxygen atoms in total. The zero-order chi connectivity index (χ0) is 31.8. The third-order valence-corrected chi connectivity index (χ3v) is 10.7. The normalized spacial score (nSPS) is 25.9. The van der Waals surface area contributed by atoms with Gasteiger partial charge in [0.1, 0.15) is 11.9 Å². The molecule has 44 heavy (non-hydrogen) atoms. The van der Waals surface area contributed by atoms with Crippen LogP contribution in [0.25, 0.3) is 0 Å². The Bertz CT molecular complexity index is 1540. The molecule has 2 heterocycles. The molecule has 0 aromatic heterocycles. The zero-order valence-electron chi connectivity index (χ0n) is 24.5. The number of nitrogens with zero attached hydrogens (tertiary/aromatic N) is 2. The lowest BCUT2D eigenvalue weighted by Gasteiger charge is -2.25. The quantitative estimate of drug-likeness (QED) is 0.274. The molecule has 4 atom stereocenters. The van der Waals surface area contributed by atoms with Gasteiger partial charge in [0.2, 0.25) is 21.8 Å². The summed E-state index contributed by atoms with van der Waals surface area (Å²) in [5.41, 5.74) is -0.241. The Morgan fingerprint density at radius 2 is 1.91 bits per heavy atom. The van der Waals surface area contributed by atoms with Crippen molar-refractivity contribution in [3.63, 3.8) is 0 Å². The lowest BCUT2D eigenvalue weighted by atomic mass is 9.91. The Morgan fingerprint density at radius 3 is 2.55 bits per heavy atom. The summed E-state index contributed by atoms with van der Waals surface area (Å²) in [6.45, 7) is 5.48. The van der Waals surface area contributed by atoms with Crippen molar-refractivity contribution in [1.82, 2.24) is 14.5 Å². The largest absolute Gasteiger partial charge is 0.444 e. The van der Waals surface area contributed by atoms with Gasteiger partial charge in [-0.1, -0.05) is 24.3 Å².